The molecule has 3 rings (SSSR count). The molecule has 7 heteroatoms. The summed E-state index contributed by atoms with van der Waals surface area (Å²) in [5.41, 5.74) is 3.34. The van der Waals surface area contributed by atoms with Crippen LogP contribution in [0, 0.1) is 12.7 Å². The van der Waals surface area contributed by atoms with Gasteiger partial charge in [-0.15, -0.1) is 11.3 Å². The van der Waals surface area contributed by atoms with Gasteiger partial charge >= 0.3 is 0 Å². The molecule has 3 aromatic rings. The van der Waals surface area contributed by atoms with E-state index in [1.165, 1.54) is 12.1 Å². The van der Waals surface area contributed by atoms with Crippen molar-refractivity contribution in [2.24, 2.45) is 0 Å². The molecular weight excluding hydrogens is 335 g/mol. The van der Waals surface area contributed by atoms with Gasteiger partial charge in [-0.2, -0.15) is 0 Å². The zero-order valence-electron chi connectivity index (χ0n) is 12.2. The summed E-state index contributed by atoms with van der Waals surface area (Å²) in [4.78, 5) is 8.59. The van der Waals surface area contributed by atoms with Crippen LogP contribution in [0.25, 0.3) is 22.4 Å². The summed E-state index contributed by atoms with van der Waals surface area (Å²) in [6.07, 6.45) is 3.34. The Morgan fingerprint density at radius 2 is 2.13 bits per heavy atom. The number of rotatable bonds is 4. The smallest absolute Gasteiger partial charge is 0.157 e. The molecule has 0 radical (unpaired) electrons. The average Bonchev–Trinajstić information content (AvgIpc) is 2.95. The van der Waals surface area contributed by atoms with Crippen LogP contribution in [0.3, 0.4) is 0 Å². The third-order valence-corrected chi connectivity index (χ3v) is 4.69. The molecule has 0 saturated heterocycles. The Bertz CT molecular complexity index is 880. The van der Waals surface area contributed by atoms with Crippen molar-refractivity contribution in [1.29, 1.82) is 0 Å². The lowest BCUT2D eigenvalue weighted by Crippen LogP contribution is -1.97. The van der Waals surface area contributed by atoms with Crippen LogP contribution < -0.4 is 0 Å². The number of aryl methyl sites for hydroxylation is 1. The van der Waals surface area contributed by atoms with Crippen molar-refractivity contribution in [2.45, 2.75) is 12.7 Å². The number of hydrogen-bond donors (Lipinski definition) is 1. The van der Waals surface area contributed by atoms with Crippen molar-refractivity contribution in [1.82, 2.24) is 9.97 Å². The van der Waals surface area contributed by atoms with Crippen molar-refractivity contribution in [2.75, 3.05) is 0 Å². The van der Waals surface area contributed by atoms with Crippen molar-refractivity contribution >= 4 is 22.4 Å². The van der Waals surface area contributed by atoms with Gasteiger partial charge in [-0.3, -0.25) is 4.98 Å². The number of hydrogen-bond acceptors (Lipinski definition) is 4. The van der Waals surface area contributed by atoms with Gasteiger partial charge in [-0.05, 0) is 24.6 Å². The molecule has 0 fully saturated rings. The summed E-state index contributed by atoms with van der Waals surface area (Å²) in [7, 11) is 0. The second-order valence-electron chi connectivity index (χ2n) is 4.95. The quantitative estimate of drug-likeness (QED) is 0.723. The van der Waals surface area contributed by atoms with E-state index in [9.17, 15) is 8.60 Å². The summed E-state index contributed by atoms with van der Waals surface area (Å²) in [5, 5.41) is 2.91. The summed E-state index contributed by atoms with van der Waals surface area (Å²) in [6, 6.07) is 6.47. The summed E-state index contributed by atoms with van der Waals surface area (Å²) in [5.74, 6) is -0.730. The second-order valence-corrected chi connectivity index (χ2v) is 6.94. The van der Waals surface area contributed by atoms with E-state index in [0.717, 1.165) is 21.8 Å². The number of thiazole rings is 1. The Morgan fingerprint density at radius 3 is 2.78 bits per heavy atom. The first-order valence-electron chi connectivity index (χ1n) is 6.77. The van der Waals surface area contributed by atoms with Gasteiger partial charge in [0.15, 0.2) is 11.1 Å². The zero-order valence-corrected chi connectivity index (χ0v) is 13.8. The van der Waals surface area contributed by atoms with Crippen molar-refractivity contribution in [3.05, 3.63) is 58.4 Å². The maximum Gasteiger partial charge on any atom is 0.157 e. The van der Waals surface area contributed by atoms with E-state index < -0.39 is 16.9 Å². The summed E-state index contributed by atoms with van der Waals surface area (Å²) < 4.78 is 33.9. The molecule has 118 valence electrons. The highest BCUT2D eigenvalue weighted by Crippen LogP contribution is 2.32. The maximum absolute atomic E-state index is 14.2. The molecule has 0 spiro atoms. The number of benzene rings is 1. The highest BCUT2D eigenvalue weighted by atomic mass is 32.2. The zero-order chi connectivity index (χ0) is 16.4. The highest BCUT2D eigenvalue weighted by Gasteiger charge is 2.13. The molecule has 1 atom stereocenters. The van der Waals surface area contributed by atoms with E-state index >= 15 is 0 Å². The number of pyridine rings is 1. The van der Waals surface area contributed by atoms with Crippen LogP contribution in [0.5, 0.6) is 0 Å². The predicted octanol–water partition coefficient (Wildman–Crippen LogP) is 4.04. The first kappa shape index (κ1) is 15.9. The van der Waals surface area contributed by atoms with Gasteiger partial charge in [0.2, 0.25) is 0 Å². The molecule has 1 aromatic carbocycles. The first-order chi connectivity index (χ1) is 11.0. The third-order valence-electron chi connectivity index (χ3n) is 3.36. The lowest BCUT2D eigenvalue weighted by Gasteiger charge is -2.09. The Balaban J connectivity index is 2.06. The average molecular weight is 348 g/mol. The molecular formula is C16H13FN2O2S2. The van der Waals surface area contributed by atoms with Gasteiger partial charge in [-0.1, -0.05) is 12.1 Å². The Hall–Kier alpha value is -1.96. The molecule has 1 N–H and O–H groups in total. The van der Waals surface area contributed by atoms with Gasteiger partial charge < -0.3 is 4.55 Å². The fourth-order valence-electron chi connectivity index (χ4n) is 2.30. The SMILES string of the molecule is Cc1nc(-c2ccncc2-c2ccc(CS(=O)O)c(F)c2)cs1. The minimum absolute atomic E-state index is 0.213. The normalized spacial score (nSPS) is 12.3. The fraction of sp³-hybridized carbons (Fsp3) is 0.125. The molecule has 4 nitrogen and oxygen atoms in total. The fourth-order valence-corrected chi connectivity index (χ4v) is 3.41. The van der Waals surface area contributed by atoms with Gasteiger partial charge in [-0.25, -0.2) is 13.6 Å². The first-order valence-corrected chi connectivity index (χ1v) is 8.93. The molecule has 23 heavy (non-hydrogen) atoms. The summed E-state index contributed by atoms with van der Waals surface area (Å²) >= 11 is -0.522. The van der Waals surface area contributed by atoms with Crippen molar-refractivity contribution in [3.63, 3.8) is 0 Å². The van der Waals surface area contributed by atoms with E-state index in [4.69, 9.17) is 4.55 Å². The van der Waals surface area contributed by atoms with E-state index in [2.05, 4.69) is 9.97 Å². The lowest BCUT2D eigenvalue weighted by atomic mass is 9.99. The van der Waals surface area contributed by atoms with E-state index in [1.807, 2.05) is 18.4 Å². The van der Waals surface area contributed by atoms with Gasteiger partial charge in [0.25, 0.3) is 0 Å². The van der Waals surface area contributed by atoms with Crippen LogP contribution in [-0.2, 0) is 16.8 Å². The van der Waals surface area contributed by atoms with Gasteiger partial charge in [0, 0.05) is 34.5 Å². The minimum atomic E-state index is -2.07. The molecule has 0 saturated carbocycles. The molecule has 1 unspecified atom stereocenters. The minimum Gasteiger partial charge on any atom is -0.306 e. The third kappa shape index (κ3) is 3.52. The maximum atomic E-state index is 14.2. The molecule has 0 aliphatic rings. The lowest BCUT2D eigenvalue weighted by molar-refractivity contribution is 0.559. The van der Waals surface area contributed by atoms with Crippen molar-refractivity contribution in [3.8, 4) is 22.4 Å². The molecule has 2 heterocycles. The molecule has 2 aromatic heterocycles. The topological polar surface area (TPSA) is 63.1 Å². The van der Waals surface area contributed by atoms with E-state index in [-0.39, 0.29) is 11.3 Å². The molecule has 0 aliphatic carbocycles. The van der Waals surface area contributed by atoms with E-state index in [0.29, 0.717) is 5.56 Å². The standard InChI is InChI=1S/C16H13FN2O2S2/c1-10-19-16(8-22-10)13-4-5-18-7-14(13)11-2-3-12(9-23(20)21)15(17)6-11/h2-8H,9H2,1H3,(H,20,21). The predicted molar refractivity (Wildman–Crippen MR) is 90.0 cm³/mol. The van der Waals surface area contributed by atoms with Gasteiger partial charge in [0.05, 0.1) is 16.5 Å². The highest BCUT2D eigenvalue weighted by molar-refractivity contribution is 7.78. The van der Waals surface area contributed by atoms with Crippen molar-refractivity contribution < 1.29 is 13.2 Å². The number of halogens is 1. The molecule has 0 aliphatic heterocycles. The van der Waals surface area contributed by atoms with Crippen LogP contribution in [0.4, 0.5) is 4.39 Å². The largest absolute Gasteiger partial charge is 0.306 e. The Kier molecular flexibility index (Phi) is 4.61. The molecule has 0 bridgehead atoms. The van der Waals surface area contributed by atoms with Crippen LogP contribution in [-0.4, -0.2) is 18.7 Å². The second kappa shape index (κ2) is 6.66. The Morgan fingerprint density at radius 1 is 1.30 bits per heavy atom. The Labute approximate surface area is 139 Å². The van der Waals surface area contributed by atoms with Crippen LogP contribution in [0.15, 0.2) is 42.0 Å². The van der Waals surface area contributed by atoms with Crippen LogP contribution in [0.1, 0.15) is 10.6 Å². The van der Waals surface area contributed by atoms with Crippen LogP contribution >= 0.6 is 11.3 Å². The monoisotopic (exact) mass is 348 g/mol. The summed E-state index contributed by atoms with van der Waals surface area (Å²) in [6.45, 7) is 1.93. The number of aromatic nitrogens is 2. The van der Waals surface area contributed by atoms with Crippen LogP contribution in [0.2, 0.25) is 0 Å². The van der Waals surface area contributed by atoms with E-state index in [1.54, 1.807) is 29.8 Å². The number of nitrogens with zero attached hydrogens (tertiary/aromatic N) is 2. The van der Waals surface area contributed by atoms with Gasteiger partial charge in [0.1, 0.15) is 5.82 Å². The molecule has 0 amide bonds.